The van der Waals surface area contributed by atoms with Gasteiger partial charge in [-0.05, 0) is 78.3 Å². The molecule has 10 heteroatoms. The average Bonchev–Trinajstić information content (AvgIpc) is 3.92. The molecule has 2 saturated heterocycles. The van der Waals surface area contributed by atoms with E-state index in [0.717, 1.165) is 51.7 Å². The van der Waals surface area contributed by atoms with Crippen LogP contribution in [-0.2, 0) is 38.6 Å². The first kappa shape index (κ1) is 33.7. The molecule has 0 bridgehead atoms. The lowest BCUT2D eigenvalue weighted by molar-refractivity contribution is -0.136. The third-order valence-electron chi connectivity index (χ3n) is 9.97. The fourth-order valence-electron chi connectivity index (χ4n) is 7.37. The molecule has 2 aliphatic heterocycles. The summed E-state index contributed by atoms with van der Waals surface area (Å²) in [5.41, 5.74) is 12.9. The van der Waals surface area contributed by atoms with Crippen LogP contribution in [0, 0.1) is 0 Å². The maximum Gasteiger partial charge on any atom is 0.247 e. The van der Waals surface area contributed by atoms with E-state index in [2.05, 4.69) is 15.6 Å². The van der Waals surface area contributed by atoms with Crippen molar-refractivity contribution in [2.75, 3.05) is 23.7 Å². The smallest absolute Gasteiger partial charge is 0.247 e. The van der Waals surface area contributed by atoms with Crippen molar-refractivity contribution in [3.05, 3.63) is 120 Å². The van der Waals surface area contributed by atoms with Gasteiger partial charge in [-0.1, -0.05) is 72.8 Å². The summed E-state index contributed by atoms with van der Waals surface area (Å²) in [6, 6.07) is 31.4. The molecule has 0 aliphatic carbocycles. The van der Waals surface area contributed by atoms with E-state index in [0.29, 0.717) is 37.3 Å². The topological polar surface area (TPSA) is 141 Å². The van der Waals surface area contributed by atoms with Crippen LogP contribution in [0.4, 0.5) is 11.4 Å². The SMILES string of the molecule is NCc1c(-c2ccc(NC(=O)[C@@H]3CCCN3C(=O)Cc3ccccc3)cc2)[nH]c2ccc(NC(=O)[C@@H]3CCCN3C(=O)Cc3ccccc3)cc12. The standard InChI is InChI=1S/C41H42N6O4/c42-26-33-32-25-31(44-41(51)36-14-8-22-47(36)38(49)24-28-11-5-2-6-12-28)19-20-34(32)45-39(33)29-15-17-30(18-16-29)43-40(50)35-13-7-21-46(35)37(48)23-27-9-3-1-4-10-27/h1-6,9-12,15-20,25,35-36,45H,7-8,13-14,21-24,26,42H2,(H,43,50)(H,44,51)/t35-,36-/m0/s1. The normalized spacial score (nSPS) is 17.1. The highest BCUT2D eigenvalue weighted by molar-refractivity contribution is 6.01. The number of nitrogens with two attached hydrogens (primary N) is 1. The first-order valence-electron chi connectivity index (χ1n) is 17.6. The molecule has 0 saturated carbocycles. The summed E-state index contributed by atoms with van der Waals surface area (Å²) in [5.74, 6) is -0.474. The zero-order valence-electron chi connectivity index (χ0n) is 28.4. The Bertz CT molecular complexity index is 2040. The van der Waals surface area contributed by atoms with E-state index in [9.17, 15) is 19.2 Å². The van der Waals surface area contributed by atoms with Gasteiger partial charge >= 0.3 is 0 Å². The van der Waals surface area contributed by atoms with Gasteiger partial charge in [0.15, 0.2) is 0 Å². The van der Waals surface area contributed by atoms with Crippen molar-refractivity contribution in [1.82, 2.24) is 14.8 Å². The molecule has 51 heavy (non-hydrogen) atoms. The molecule has 2 fully saturated rings. The number of H-pyrrole nitrogens is 1. The number of fused-ring (bicyclic) bond motifs is 1. The Hall–Kier alpha value is -5.74. The zero-order chi connectivity index (χ0) is 35.3. The van der Waals surface area contributed by atoms with Crippen LogP contribution in [0.2, 0.25) is 0 Å². The molecule has 3 heterocycles. The number of rotatable bonds is 10. The highest BCUT2D eigenvalue weighted by Gasteiger charge is 2.35. The predicted molar refractivity (Wildman–Crippen MR) is 199 cm³/mol. The van der Waals surface area contributed by atoms with Gasteiger partial charge in [-0.15, -0.1) is 0 Å². The maximum absolute atomic E-state index is 13.4. The van der Waals surface area contributed by atoms with Crippen LogP contribution < -0.4 is 16.4 Å². The van der Waals surface area contributed by atoms with Crippen LogP contribution in [0.25, 0.3) is 22.2 Å². The van der Waals surface area contributed by atoms with Crippen LogP contribution in [-0.4, -0.2) is 63.6 Å². The van der Waals surface area contributed by atoms with Crippen LogP contribution in [0.3, 0.4) is 0 Å². The number of hydrogen-bond acceptors (Lipinski definition) is 5. The van der Waals surface area contributed by atoms with Gasteiger partial charge in [0.25, 0.3) is 0 Å². The highest BCUT2D eigenvalue weighted by atomic mass is 16.2. The number of aromatic amines is 1. The number of likely N-dealkylation sites (tertiary alicyclic amines) is 2. The zero-order valence-corrected chi connectivity index (χ0v) is 28.4. The van der Waals surface area contributed by atoms with Gasteiger partial charge in [-0.25, -0.2) is 0 Å². The number of carbonyl (C=O) groups is 4. The Labute approximate surface area is 297 Å². The first-order chi connectivity index (χ1) is 24.9. The van der Waals surface area contributed by atoms with Crippen molar-refractivity contribution in [3.63, 3.8) is 0 Å². The van der Waals surface area contributed by atoms with E-state index in [1.54, 1.807) is 9.80 Å². The van der Waals surface area contributed by atoms with Crippen molar-refractivity contribution in [2.24, 2.45) is 5.73 Å². The minimum Gasteiger partial charge on any atom is -0.354 e. The van der Waals surface area contributed by atoms with Gasteiger partial charge in [-0.3, -0.25) is 19.2 Å². The number of benzene rings is 4. The quantitative estimate of drug-likeness (QED) is 0.151. The van der Waals surface area contributed by atoms with Gasteiger partial charge in [0.05, 0.1) is 18.5 Å². The van der Waals surface area contributed by atoms with Gasteiger partial charge in [0.2, 0.25) is 23.6 Å². The molecule has 2 aliphatic rings. The molecule has 0 spiro atoms. The fourth-order valence-corrected chi connectivity index (χ4v) is 7.37. The number of nitrogens with zero attached hydrogens (tertiary/aromatic N) is 2. The second-order valence-electron chi connectivity index (χ2n) is 13.3. The summed E-state index contributed by atoms with van der Waals surface area (Å²) in [6.07, 6.45) is 3.37. The molecule has 2 atom stereocenters. The molecule has 260 valence electrons. The summed E-state index contributed by atoms with van der Waals surface area (Å²) < 4.78 is 0. The summed E-state index contributed by atoms with van der Waals surface area (Å²) in [6.45, 7) is 1.41. The molecule has 5 aromatic rings. The number of amides is 4. The second kappa shape index (κ2) is 15.0. The maximum atomic E-state index is 13.4. The minimum absolute atomic E-state index is 0.0421. The van der Waals surface area contributed by atoms with Crippen molar-refractivity contribution < 1.29 is 19.2 Å². The monoisotopic (exact) mass is 682 g/mol. The Morgan fingerprint density at radius 2 is 1.18 bits per heavy atom. The second-order valence-corrected chi connectivity index (χ2v) is 13.3. The van der Waals surface area contributed by atoms with E-state index in [1.165, 1.54) is 0 Å². The van der Waals surface area contributed by atoms with E-state index < -0.39 is 12.1 Å². The third kappa shape index (κ3) is 7.41. The number of hydrogen-bond donors (Lipinski definition) is 4. The van der Waals surface area contributed by atoms with Crippen LogP contribution >= 0.6 is 0 Å². The molecule has 0 radical (unpaired) electrons. The van der Waals surface area contributed by atoms with Crippen LogP contribution in [0.15, 0.2) is 103 Å². The number of nitrogens with one attached hydrogen (secondary N) is 3. The third-order valence-corrected chi connectivity index (χ3v) is 9.97. The van der Waals surface area contributed by atoms with Crippen molar-refractivity contribution in [1.29, 1.82) is 0 Å². The van der Waals surface area contributed by atoms with E-state index in [4.69, 9.17) is 5.73 Å². The van der Waals surface area contributed by atoms with Crippen molar-refractivity contribution >= 4 is 45.9 Å². The Morgan fingerprint density at radius 3 is 1.71 bits per heavy atom. The average molecular weight is 683 g/mol. The van der Waals surface area contributed by atoms with Crippen molar-refractivity contribution in [3.8, 4) is 11.3 Å². The van der Waals surface area contributed by atoms with E-state index >= 15 is 0 Å². The molecule has 4 aromatic carbocycles. The van der Waals surface area contributed by atoms with E-state index in [-0.39, 0.29) is 43.0 Å². The van der Waals surface area contributed by atoms with Crippen molar-refractivity contribution in [2.45, 2.75) is 57.2 Å². The fraction of sp³-hybridized carbons (Fsp3) is 0.268. The minimum atomic E-state index is -0.516. The van der Waals surface area contributed by atoms with Gasteiger partial charge in [0, 0.05) is 41.9 Å². The number of anilines is 2. The molecule has 0 unspecified atom stereocenters. The lowest BCUT2D eigenvalue weighted by atomic mass is 10.0. The molecular weight excluding hydrogens is 640 g/mol. The molecule has 5 N–H and O–H groups in total. The number of carbonyl (C=O) groups excluding carboxylic acids is 4. The highest BCUT2D eigenvalue weighted by Crippen LogP contribution is 2.33. The Morgan fingerprint density at radius 1 is 0.667 bits per heavy atom. The van der Waals surface area contributed by atoms with Gasteiger partial charge < -0.3 is 31.2 Å². The molecule has 1 aromatic heterocycles. The van der Waals surface area contributed by atoms with E-state index in [1.807, 2.05) is 103 Å². The lowest BCUT2D eigenvalue weighted by Crippen LogP contribution is -2.43. The summed E-state index contributed by atoms with van der Waals surface area (Å²) in [5, 5.41) is 6.94. The van der Waals surface area contributed by atoms with Crippen LogP contribution in [0.1, 0.15) is 42.4 Å². The molecule has 4 amide bonds. The van der Waals surface area contributed by atoms with Gasteiger partial charge in [0.1, 0.15) is 12.1 Å². The summed E-state index contributed by atoms with van der Waals surface area (Å²) in [4.78, 5) is 59.7. The van der Waals surface area contributed by atoms with Crippen LogP contribution in [0.5, 0.6) is 0 Å². The summed E-state index contributed by atoms with van der Waals surface area (Å²) in [7, 11) is 0. The van der Waals surface area contributed by atoms with Gasteiger partial charge in [-0.2, -0.15) is 0 Å². The Kier molecular flexibility index (Phi) is 9.94. The molecule has 7 rings (SSSR count). The first-order valence-corrected chi connectivity index (χ1v) is 17.6. The largest absolute Gasteiger partial charge is 0.354 e. The molecular formula is C41H42N6O4. The lowest BCUT2D eigenvalue weighted by Gasteiger charge is -2.24. The predicted octanol–water partition coefficient (Wildman–Crippen LogP) is 5.64. The summed E-state index contributed by atoms with van der Waals surface area (Å²) >= 11 is 0. The molecule has 10 nitrogen and oxygen atoms in total. The number of aromatic nitrogens is 1. The Balaban J connectivity index is 1.01.